The van der Waals surface area contributed by atoms with Gasteiger partial charge in [0.05, 0.1) is 30.0 Å². The topological polar surface area (TPSA) is 161 Å². The lowest BCUT2D eigenvalue weighted by Gasteiger charge is -2.14. The minimum absolute atomic E-state index is 0.0299. The summed E-state index contributed by atoms with van der Waals surface area (Å²) in [6.07, 6.45) is 1.53. The Labute approximate surface area is 290 Å². The van der Waals surface area contributed by atoms with Gasteiger partial charge in [-0.15, -0.1) is 0 Å². The van der Waals surface area contributed by atoms with Crippen LogP contribution in [0.15, 0.2) is 75.2 Å². The fourth-order valence-electron chi connectivity index (χ4n) is 5.12. The molecule has 14 nitrogen and oxygen atoms in total. The average molecular weight is 724 g/mol. The monoisotopic (exact) mass is 722 g/mol. The molecule has 0 atom stereocenters. The van der Waals surface area contributed by atoms with E-state index in [1.807, 2.05) is 0 Å². The van der Waals surface area contributed by atoms with Gasteiger partial charge in [0.25, 0.3) is 22.4 Å². The first-order valence-corrected chi connectivity index (χ1v) is 15.9. The Morgan fingerprint density at radius 3 is 2.35 bits per heavy atom. The number of non-ortho nitro benzene ring substituents is 1. The molecule has 1 fully saturated rings. The number of carbonyl (C=O) groups excluding carboxylic acids is 2. The van der Waals surface area contributed by atoms with Gasteiger partial charge in [-0.3, -0.25) is 43.1 Å². The van der Waals surface area contributed by atoms with Crippen LogP contribution in [0, 0.1) is 10.1 Å². The van der Waals surface area contributed by atoms with E-state index in [0.717, 1.165) is 21.2 Å². The second-order valence-corrected chi connectivity index (χ2v) is 12.6. The van der Waals surface area contributed by atoms with Crippen molar-refractivity contribution in [1.29, 1.82) is 0 Å². The highest BCUT2D eigenvalue weighted by Crippen LogP contribution is 2.37. The maximum atomic E-state index is 13.3. The minimum atomic E-state index is -0.588. The number of hydrogen-bond donors (Lipinski definition) is 0. The van der Waals surface area contributed by atoms with Crippen molar-refractivity contribution in [3.8, 4) is 17.5 Å². The molecular weight excluding hydrogens is 699 g/mol. The van der Waals surface area contributed by atoms with E-state index in [2.05, 4.69) is 4.98 Å². The zero-order chi connectivity index (χ0) is 35.1. The van der Waals surface area contributed by atoms with Gasteiger partial charge >= 0.3 is 11.7 Å². The molecule has 0 saturated carbocycles. The number of aromatic nitrogens is 4. The van der Waals surface area contributed by atoms with E-state index in [1.54, 1.807) is 36.4 Å². The summed E-state index contributed by atoms with van der Waals surface area (Å²) in [6, 6.07) is 15.3. The number of nitro groups is 1. The first kappa shape index (κ1) is 33.5. The smallest absolute Gasteiger partial charge is 0.332 e. The zero-order valence-corrected chi connectivity index (χ0v) is 28.2. The summed E-state index contributed by atoms with van der Waals surface area (Å²) < 4.78 is 15.5. The zero-order valence-electron chi connectivity index (χ0n) is 25.9. The van der Waals surface area contributed by atoms with E-state index in [9.17, 15) is 29.3 Å². The molecule has 6 rings (SSSR count). The Morgan fingerprint density at radius 1 is 0.939 bits per heavy atom. The molecular formula is C32H24Cl2N6O8S. The summed E-state index contributed by atoms with van der Waals surface area (Å²) in [5.41, 5.74) is 0.613. The molecule has 0 N–H and O–H groups in total. The number of methoxy groups -OCH3 is 1. The Morgan fingerprint density at radius 2 is 1.67 bits per heavy atom. The lowest BCUT2D eigenvalue weighted by atomic mass is 10.1. The first-order valence-electron chi connectivity index (χ1n) is 14.3. The highest BCUT2D eigenvalue weighted by Gasteiger charge is 2.35. The highest BCUT2D eigenvalue weighted by atomic mass is 35.5. The second kappa shape index (κ2) is 13.3. The van der Waals surface area contributed by atoms with Gasteiger partial charge in [-0.1, -0.05) is 47.5 Å². The van der Waals surface area contributed by atoms with Crippen LogP contribution in [0.2, 0.25) is 10.0 Å². The third-order valence-corrected chi connectivity index (χ3v) is 9.20. The molecule has 3 aromatic carbocycles. The van der Waals surface area contributed by atoms with Gasteiger partial charge in [-0.2, -0.15) is 4.98 Å². The molecule has 250 valence electrons. The number of nitrogens with zero attached hydrogens (tertiary/aromatic N) is 6. The number of carbonyl (C=O) groups is 2. The van der Waals surface area contributed by atoms with Crippen molar-refractivity contribution in [1.82, 2.24) is 23.6 Å². The largest absolute Gasteiger partial charge is 0.493 e. The van der Waals surface area contributed by atoms with Crippen LogP contribution in [0.25, 0.3) is 17.2 Å². The van der Waals surface area contributed by atoms with E-state index in [4.69, 9.17) is 32.7 Å². The molecule has 1 aliphatic heterocycles. The van der Waals surface area contributed by atoms with Crippen molar-refractivity contribution in [3.63, 3.8) is 0 Å². The van der Waals surface area contributed by atoms with Crippen molar-refractivity contribution >= 4 is 69.0 Å². The summed E-state index contributed by atoms with van der Waals surface area (Å²) in [5.74, 6) is -0.0790. The minimum Gasteiger partial charge on any atom is -0.493 e. The number of fused-ring (bicyclic) bond motifs is 1. The summed E-state index contributed by atoms with van der Waals surface area (Å²) >= 11 is 13.3. The lowest BCUT2D eigenvalue weighted by molar-refractivity contribution is -0.384. The van der Waals surface area contributed by atoms with E-state index in [1.165, 1.54) is 60.7 Å². The number of halogens is 2. The molecule has 3 heterocycles. The molecule has 17 heteroatoms. The van der Waals surface area contributed by atoms with Crippen LogP contribution in [-0.4, -0.2) is 46.8 Å². The van der Waals surface area contributed by atoms with Crippen molar-refractivity contribution in [3.05, 3.63) is 123 Å². The van der Waals surface area contributed by atoms with E-state index >= 15 is 0 Å². The number of benzene rings is 3. The van der Waals surface area contributed by atoms with Crippen LogP contribution in [0.4, 0.5) is 10.5 Å². The first-order chi connectivity index (χ1) is 23.4. The van der Waals surface area contributed by atoms with E-state index < -0.39 is 27.3 Å². The van der Waals surface area contributed by atoms with Gasteiger partial charge in [-0.05, 0) is 58.8 Å². The van der Waals surface area contributed by atoms with Gasteiger partial charge < -0.3 is 9.47 Å². The van der Waals surface area contributed by atoms with Gasteiger partial charge in [0.1, 0.15) is 0 Å². The molecule has 0 bridgehead atoms. The molecule has 1 saturated heterocycles. The van der Waals surface area contributed by atoms with Gasteiger partial charge in [0.2, 0.25) is 0 Å². The summed E-state index contributed by atoms with van der Waals surface area (Å²) in [4.78, 5) is 68.0. The fraction of sp³-hybridized carbons (Fsp3) is 0.156. The maximum absolute atomic E-state index is 13.3. The number of thioether (sulfide) groups is 1. The van der Waals surface area contributed by atoms with Gasteiger partial charge in [-0.25, -0.2) is 4.79 Å². The van der Waals surface area contributed by atoms with Crippen LogP contribution in [-0.2, 0) is 32.0 Å². The number of rotatable bonds is 9. The fourth-order valence-corrected chi connectivity index (χ4v) is 6.43. The SMILES string of the molecule is COc1cc(C=C2SC(=O)N(Cc3ccc([N+](=O)[O-])cc3)C2=O)ccc1Oc1nc2c(c(=O)n(C)c(=O)n2C)n1Cc1ccc(Cl)cc1Cl. The third kappa shape index (κ3) is 6.42. The van der Waals surface area contributed by atoms with Crippen molar-refractivity contribution in [2.24, 2.45) is 14.1 Å². The molecule has 5 aromatic rings. The van der Waals surface area contributed by atoms with Gasteiger partial charge in [0, 0.05) is 36.3 Å². The molecule has 1 aliphatic rings. The number of imidazole rings is 1. The normalized spacial score (nSPS) is 13.9. The van der Waals surface area contributed by atoms with Crippen LogP contribution >= 0.6 is 35.0 Å². The number of aryl methyl sites for hydroxylation is 1. The highest BCUT2D eigenvalue weighted by molar-refractivity contribution is 8.18. The molecule has 2 aromatic heterocycles. The lowest BCUT2D eigenvalue weighted by Crippen LogP contribution is -2.37. The Bertz CT molecular complexity index is 2350. The average Bonchev–Trinajstić information content (AvgIpc) is 3.56. The standard InChI is InChI=1S/C32H24Cl2N6O8S/c1-36-27-26(29(42)37(2)31(36)43)38(16-19-7-8-20(33)14-22(19)34)30(35-27)48-23-11-6-18(12-24(23)47-3)13-25-28(41)39(32(44)49-25)15-17-4-9-21(10-5-17)40(45)46/h4-14H,15-16H2,1-3H3. The van der Waals surface area contributed by atoms with E-state index in [-0.39, 0.29) is 52.4 Å². The molecule has 49 heavy (non-hydrogen) atoms. The Hall–Kier alpha value is -5.38. The molecule has 2 amide bonds. The summed E-state index contributed by atoms with van der Waals surface area (Å²) in [5, 5.41) is 11.2. The summed E-state index contributed by atoms with van der Waals surface area (Å²) in [7, 11) is 4.27. The number of imide groups is 1. The Balaban J connectivity index is 1.32. The predicted octanol–water partition coefficient (Wildman–Crippen LogP) is 5.73. The summed E-state index contributed by atoms with van der Waals surface area (Å²) in [6.45, 7) is -0.00144. The number of amides is 2. The quantitative estimate of drug-likeness (QED) is 0.104. The van der Waals surface area contributed by atoms with Crippen LogP contribution < -0.4 is 20.7 Å². The predicted molar refractivity (Wildman–Crippen MR) is 183 cm³/mol. The van der Waals surface area contributed by atoms with Crippen molar-refractivity contribution < 1.29 is 24.0 Å². The van der Waals surface area contributed by atoms with Crippen molar-refractivity contribution in [2.45, 2.75) is 13.1 Å². The molecule has 0 unspecified atom stereocenters. The van der Waals surface area contributed by atoms with E-state index in [0.29, 0.717) is 26.7 Å². The van der Waals surface area contributed by atoms with Crippen LogP contribution in [0.5, 0.6) is 17.5 Å². The maximum Gasteiger partial charge on any atom is 0.332 e. The van der Waals surface area contributed by atoms with Gasteiger partial charge in [0.15, 0.2) is 22.7 Å². The second-order valence-electron chi connectivity index (χ2n) is 10.8. The van der Waals surface area contributed by atoms with Crippen molar-refractivity contribution in [2.75, 3.05) is 7.11 Å². The number of nitro benzene ring substituents is 1. The number of ether oxygens (including phenoxy) is 2. The molecule has 0 radical (unpaired) electrons. The van der Waals surface area contributed by atoms with Crippen LogP contribution in [0.3, 0.4) is 0 Å². The van der Waals surface area contributed by atoms with Crippen LogP contribution in [0.1, 0.15) is 16.7 Å². The molecule has 0 aliphatic carbocycles. The Kier molecular flexibility index (Phi) is 9.07. The third-order valence-electron chi connectivity index (χ3n) is 7.70. The number of hydrogen-bond acceptors (Lipinski definition) is 10. The molecule has 0 spiro atoms.